The first-order valence-corrected chi connectivity index (χ1v) is 7.00. The fourth-order valence-corrected chi connectivity index (χ4v) is 2.41. The molecule has 7 nitrogen and oxygen atoms in total. The van der Waals surface area contributed by atoms with Crippen molar-refractivity contribution in [2.75, 3.05) is 18.9 Å². The number of aliphatic hydroxyl groups excluding tert-OH is 1. The molecule has 0 atom stereocenters. The van der Waals surface area contributed by atoms with E-state index < -0.39 is 4.92 Å². The lowest BCUT2D eigenvalue weighted by Crippen LogP contribution is -2.45. The van der Waals surface area contributed by atoms with Gasteiger partial charge in [0.2, 0.25) is 0 Å². The van der Waals surface area contributed by atoms with E-state index in [4.69, 9.17) is 10.8 Å². The number of nitro benzene ring substituents is 1. The first-order valence-electron chi connectivity index (χ1n) is 7.00. The predicted molar refractivity (Wildman–Crippen MR) is 77.9 cm³/mol. The van der Waals surface area contributed by atoms with Crippen molar-refractivity contribution < 1.29 is 14.8 Å². The molecule has 21 heavy (non-hydrogen) atoms. The van der Waals surface area contributed by atoms with E-state index in [1.54, 1.807) is 4.90 Å². The van der Waals surface area contributed by atoms with E-state index in [0.29, 0.717) is 18.5 Å². The number of nitrogens with two attached hydrogens (primary N) is 1. The molecule has 3 N–H and O–H groups in total. The summed E-state index contributed by atoms with van der Waals surface area (Å²) in [6, 6.07) is 4.24. The molecule has 0 aliphatic heterocycles. The van der Waals surface area contributed by atoms with Gasteiger partial charge >= 0.3 is 0 Å². The van der Waals surface area contributed by atoms with Crippen LogP contribution in [-0.4, -0.2) is 40.0 Å². The van der Waals surface area contributed by atoms with Gasteiger partial charge in [-0.1, -0.05) is 0 Å². The van der Waals surface area contributed by atoms with Gasteiger partial charge in [-0.2, -0.15) is 0 Å². The number of nitrogen functional groups attached to an aromatic ring is 1. The number of carbonyl (C=O) groups excluding carboxylic acids is 1. The Morgan fingerprint density at radius 3 is 2.67 bits per heavy atom. The molecule has 0 heterocycles. The molecule has 0 bridgehead atoms. The van der Waals surface area contributed by atoms with Crippen LogP contribution in [0.25, 0.3) is 0 Å². The first kappa shape index (κ1) is 15.2. The molecule has 1 saturated carbocycles. The SMILES string of the molecule is Nc1cc(C(=O)N(CCCO)C2CCC2)ccc1[N+](=O)[O-]. The summed E-state index contributed by atoms with van der Waals surface area (Å²) in [5.41, 5.74) is 5.77. The van der Waals surface area contributed by atoms with E-state index in [9.17, 15) is 14.9 Å². The van der Waals surface area contributed by atoms with Gasteiger partial charge in [0.05, 0.1) is 4.92 Å². The molecule has 2 rings (SSSR count). The van der Waals surface area contributed by atoms with Gasteiger partial charge in [0.1, 0.15) is 5.69 Å². The Bertz CT molecular complexity index is 543. The summed E-state index contributed by atoms with van der Waals surface area (Å²) in [6.45, 7) is 0.510. The van der Waals surface area contributed by atoms with Crippen molar-refractivity contribution in [3.8, 4) is 0 Å². The third-order valence-corrected chi connectivity index (χ3v) is 3.80. The summed E-state index contributed by atoms with van der Waals surface area (Å²) in [7, 11) is 0. The Hall–Kier alpha value is -2.15. The van der Waals surface area contributed by atoms with Gasteiger partial charge in [-0.15, -0.1) is 0 Å². The van der Waals surface area contributed by atoms with Gasteiger partial charge in [-0.3, -0.25) is 14.9 Å². The van der Waals surface area contributed by atoms with Crippen LogP contribution in [0.1, 0.15) is 36.0 Å². The first-order chi connectivity index (χ1) is 10.0. The third kappa shape index (κ3) is 3.30. The number of benzene rings is 1. The van der Waals surface area contributed by atoms with Crippen molar-refractivity contribution in [2.24, 2.45) is 0 Å². The number of amides is 1. The van der Waals surface area contributed by atoms with Crippen LogP contribution in [-0.2, 0) is 0 Å². The lowest BCUT2D eigenvalue weighted by molar-refractivity contribution is -0.383. The molecule has 1 amide bonds. The minimum Gasteiger partial charge on any atom is -0.396 e. The monoisotopic (exact) mass is 293 g/mol. The Labute approximate surface area is 122 Å². The minimum atomic E-state index is -0.570. The van der Waals surface area contributed by atoms with Gasteiger partial charge in [-0.25, -0.2) is 0 Å². The molecule has 1 aliphatic carbocycles. The maximum Gasteiger partial charge on any atom is 0.292 e. The van der Waals surface area contributed by atoms with E-state index in [1.807, 2.05) is 0 Å². The second-order valence-corrected chi connectivity index (χ2v) is 5.19. The van der Waals surface area contributed by atoms with Crippen LogP contribution in [0, 0.1) is 10.1 Å². The summed E-state index contributed by atoms with van der Waals surface area (Å²) in [4.78, 5) is 24.4. The number of hydrogen-bond donors (Lipinski definition) is 2. The van der Waals surface area contributed by atoms with Crippen molar-refractivity contribution in [1.82, 2.24) is 4.90 Å². The standard InChI is InChI=1S/C14H19N3O4/c15-12-9-10(5-6-13(12)17(20)21)14(19)16(7-2-8-18)11-3-1-4-11/h5-6,9,11,18H,1-4,7-8,15H2. The maximum absolute atomic E-state index is 12.5. The van der Waals surface area contributed by atoms with Crippen LogP contribution in [0.4, 0.5) is 11.4 Å². The van der Waals surface area contributed by atoms with Gasteiger partial charge in [0, 0.05) is 30.8 Å². The highest BCUT2D eigenvalue weighted by Crippen LogP contribution is 2.28. The molecule has 0 aromatic heterocycles. The summed E-state index contributed by atoms with van der Waals surface area (Å²) < 4.78 is 0. The molecule has 1 aromatic rings. The molecule has 0 unspecified atom stereocenters. The molecule has 0 radical (unpaired) electrons. The molecule has 1 aliphatic rings. The lowest BCUT2D eigenvalue weighted by atomic mass is 9.90. The second kappa shape index (κ2) is 6.53. The zero-order chi connectivity index (χ0) is 15.4. The number of carbonyl (C=O) groups is 1. The summed E-state index contributed by atoms with van der Waals surface area (Å²) >= 11 is 0. The Morgan fingerprint density at radius 2 is 2.19 bits per heavy atom. The van der Waals surface area contributed by atoms with Crippen LogP contribution >= 0.6 is 0 Å². The summed E-state index contributed by atoms with van der Waals surface area (Å²) in [5, 5.41) is 19.7. The Morgan fingerprint density at radius 1 is 1.48 bits per heavy atom. The third-order valence-electron chi connectivity index (χ3n) is 3.80. The zero-order valence-corrected chi connectivity index (χ0v) is 11.7. The smallest absolute Gasteiger partial charge is 0.292 e. The van der Waals surface area contributed by atoms with Gasteiger partial charge < -0.3 is 15.7 Å². The molecular weight excluding hydrogens is 274 g/mol. The molecule has 1 aromatic carbocycles. The fraction of sp³-hybridized carbons (Fsp3) is 0.500. The molecule has 1 fully saturated rings. The highest BCUT2D eigenvalue weighted by Gasteiger charge is 2.29. The molecule has 0 saturated heterocycles. The summed E-state index contributed by atoms with van der Waals surface area (Å²) in [5.74, 6) is -0.185. The molecule has 114 valence electrons. The summed E-state index contributed by atoms with van der Waals surface area (Å²) in [6.07, 6.45) is 3.53. The fourth-order valence-electron chi connectivity index (χ4n) is 2.41. The zero-order valence-electron chi connectivity index (χ0n) is 11.7. The molecule has 0 spiro atoms. The van der Waals surface area contributed by atoms with E-state index in [-0.39, 0.29) is 29.9 Å². The molecule has 7 heteroatoms. The Kier molecular flexibility index (Phi) is 4.74. The largest absolute Gasteiger partial charge is 0.396 e. The number of nitrogens with zero attached hydrogens (tertiary/aromatic N) is 2. The topological polar surface area (TPSA) is 110 Å². The second-order valence-electron chi connectivity index (χ2n) is 5.19. The van der Waals surface area contributed by atoms with Gasteiger partial charge in [-0.05, 0) is 37.8 Å². The van der Waals surface area contributed by atoms with Gasteiger partial charge in [0.25, 0.3) is 11.6 Å². The van der Waals surface area contributed by atoms with Crippen molar-refractivity contribution in [3.05, 3.63) is 33.9 Å². The lowest BCUT2D eigenvalue weighted by Gasteiger charge is -2.37. The normalized spacial score (nSPS) is 14.5. The number of rotatable bonds is 6. The average molecular weight is 293 g/mol. The minimum absolute atomic E-state index is 0.0124. The highest BCUT2D eigenvalue weighted by atomic mass is 16.6. The van der Waals surface area contributed by atoms with Crippen LogP contribution in [0.15, 0.2) is 18.2 Å². The van der Waals surface area contributed by atoms with Crippen LogP contribution in [0.5, 0.6) is 0 Å². The van der Waals surface area contributed by atoms with Crippen LogP contribution in [0.3, 0.4) is 0 Å². The van der Waals surface area contributed by atoms with Crippen molar-refractivity contribution in [1.29, 1.82) is 0 Å². The van der Waals surface area contributed by atoms with Crippen molar-refractivity contribution in [2.45, 2.75) is 31.7 Å². The molecular formula is C14H19N3O4. The van der Waals surface area contributed by atoms with Crippen LogP contribution in [0.2, 0.25) is 0 Å². The van der Waals surface area contributed by atoms with Crippen LogP contribution < -0.4 is 5.73 Å². The maximum atomic E-state index is 12.5. The Balaban J connectivity index is 2.19. The van der Waals surface area contributed by atoms with E-state index in [1.165, 1.54) is 18.2 Å². The number of hydrogen-bond acceptors (Lipinski definition) is 5. The predicted octanol–water partition coefficient (Wildman–Crippen LogP) is 1.55. The van der Waals surface area contributed by atoms with E-state index in [2.05, 4.69) is 0 Å². The quantitative estimate of drug-likeness (QED) is 0.470. The van der Waals surface area contributed by atoms with E-state index in [0.717, 1.165) is 19.3 Å². The van der Waals surface area contributed by atoms with Gasteiger partial charge in [0.15, 0.2) is 0 Å². The van der Waals surface area contributed by atoms with E-state index >= 15 is 0 Å². The number of anilines is 1. The van der Waals surface area contributed by atoms with Crippen molar-refractivity contribution in [3.63, 3.8) is 0 Å². The highest BCUT2D eigenvalue weighted by molar-refractivity contribution is 5.96. The van der Waals surface area contributed by atoms with Crippen molar-refractivity contribution >= 4 is 17.3 Å². The average Bonchev–Trinajstić information content (AvgIpc) is 2.39. The number of nitro groups is 1. The number of aliphatic hydroxyl groups is 1.